The van der Waals surface area contributed by atoms with Crippen molar-refractivity contribution in [3.05, 3.63) is 64.0 Å². The monoisotopic (exact) mass is 580 g/mol. The minimum absolute atomic E-state index is 0.0611. The Labute approximate surface area is 254 Å². The number of aryl methyl sites for hydroxylation is 1. The van der Waals surface area contributed by atoms with E-state index in [-0.39, 0.29) is 22.9 Å². The van der Waals surface area contributed by atoms with Crippen molar-refractivity contribution in [2.75, 3.05) is 13.7 Å². The number of methoxy groups -OCH3 is 1. The normalized spacial score (nSPS) is 26.3. The summed E-state index contributed by atoms with van der Waals surface area (Å²) < 4.78 is 14.2. The number of rotatable bonds is 11. The van der Waals surface area contributed by atoms with E-state index < -0.39 is 0 Å². The van der Waals surface area contributed by atoms with Gasteiger partial charge in [-0.3, -0.25) is 0 Å². The highest BCUT2D eigenvalue weighted by Crippen LogP contribution is 2.65. The molecule has 3 aromatic rings. The van der Waals surface area contributed by atoms with Crippen LogP contribution in [0.2, 0.25) is 0 Å². The van der Waals surface area contributed by atoms with Crippen molar-refractivity contribution < 1.29 is 14.6 Å². The highest BCUT2D eigenvalue weighted by atomic mass is 32.1. The number of phenolic OH excluding ortho intramolecular Hbond substituents is 1. The molecule has 4 heteroatoms. The molecular weight excluding hydrogens is 524 g/mol. The van der Waals surface area contributed by atoms with Gasteiger partial charge in [0, 0.05) is 28.0 Å². The fourth-order valence-electron chi connectivity index (χ4n) is 8.64. The summed E-state index contributed by atoms with van der Waals surface area (Å²) in [6.45, 7) is 21.7. The summed E-state index contributed by atoms with van der Waals surface area (Å²) >= 11 is 1.83. The van der Waals surface area contributed by atoms with Crippen LogP contribution < -0.4 is 0 Å². The summed E-state index contributed by atoms with van der Waals surface area (Å²) in [5.74, 6) is 1.49. The minimum Gasteiger partial charge on any atom is -0.508 e. The van der Waals surface area contributed by atoms with Crippen LogP contribution in [0.5, 0.6) is 5.75 Å². The number of ether oxygens (including phenoxy) is 2. The molecule has 3 unspecified atom stereocenters. The average Bonchev–Trinajstić information content (AvgIpc) is 3.39. The van der Waals surface area contributed by atoms with E-state index >= 15 is 0 Å². The summed E-state index contributed by atoms with van der Waals surface area (Å²) in [6.07, 6.45) is 5.40. The van der Waals surface area contributed by atoms with Crippen LogP contribution in [0.25, 0.3) is 10.1 Å². The van der Waals surface area contributed by atoms with E-state index in [0.29, 0.717) is 30.8 Å². The van der Waals surface area contributed by atoms with E-state index in [1.54, 1.807) is 0 Å². The molecule has 1 fully saturated rings. The highest BCUT2D eigenvalue weighted by Gasteiger charge is 2.62. The van der Waals surface area contributed by atoms with Gasteiger partial charge in [0.1, 0.15) is 5.75 Å². The first kappa shape index (κ1) is 33.6. The van der Waals surface area contributed by atoms with Crippen molar-refractivity contribution >= 4 is 21.4 Å². The van der Waals surface area contributed by atoms with Gasteiger partial charge in [-0.15, -0.1) is 11.3 Å². The van der Waals surface area contributed by atoms with Crippen molar-refractivity contribution in [3.8, 4) is 5.75 Å². The standard InChI is InChI=1S/C35H50O3S.C2H6/c1-9-18-35(32-24(6)30(36)17-16-26(32)10-2)25(7)33(37-8)28(20-34(35,11-3)23(4)5)21-38-22-29-19-27-14-12-13-15-31(27)39-29;1-2/h12-17,19,23,25,28,33,36H,9-11,18,20-22H2,1-8H3;1-2H3/t25-,28?,33?,34+,35?;/m0./s1. The second-order valence-electron chi connectivity index (χ2n) is 12.2. The predicted molar refractivity (Wildman–Crippen MR) is 177 cm³/mol. The van der Waals surface area contributed by atoms with Crippen LogP contribution in [0.3, 0.4) is 0 Å². The first-order valence-electron chi connectivity index (χ1n) is 16.1. The van der Waals surface area contributed by atoms with Gasteiger partial charge in [0.25, 0.3) is 0 Å². The third-order valence-electron chi connectivity index (χ3n) is 10.3. The van der Waals surface area contributed by atoms with Crippen molar-refractivity contribution in [2.24, 2.45) is 23.2 Å². The molecule has 0 radical (unpaired) electrons. The maximum Gasteiger partial charge on any atom is 0.118 e. The van der Waals surface area contributed by atoms with Crippen LogP contribution in [-0.4, -0.2) is 24.9 Å². The molecule has 0 bridgehead atoms. The lowest BCUT2D eigenvalue weighted by molar-refractivity contribution is -0.156. The molecule has 1 N–H and O–H groups in total. The SMILES string of the molecule is CC.CCCC1(c2c(CC)ccc(O)c2C)[C@@H](C)C(OC)C(COCc2cc3ccccc3s2)C[C@]1(CC)C(C)C. The van der Waals surface area contributed by atoms with Gasteiger partial charge >= 0.3 is 0 Å². The Morgan fingerprint density at radius 1 is 1.07 bits per heavy atom. The molecule has 1 aromatic heterocycles. The lowest BCUT2D eigenvalue weighted by Crippen LogP contribution is -2.63. The molecule has 0 spiro atoms. The van der Waals surface area contributed by atoms with Gasteiger partial charge in [-0.2, -0.15) is 0 Å². The zero-order valence-corrected chi connectivity index (χ0v) is 28.3. The van der Waals surface area contributed by atoms with E-state index in [4.69, 9.17) is 9.47 Å². The number of benzene rings is 2. The van der Waals surface area contributed by atoms with E-state index in [2.05, 4.69) is 84.9 Å². The molecule has 0 amide bonds. The molecule has 2 aromatic carbocycles. The van der Waals surface area contributed by atoms with Gasteiger partial charge in [0.05, 0.1) is 19.3 Å². The maximum atomic E-state index is 11.0. The van der Waals surface area contributed by atoms with Gasteiger partial charge in [0.15, 0.2) is 0 Å². The second kappa shape index (κ2) is 14.5. The van der Waals surface area contributed by atoms with Crippen molar-refractivity contribution in [1.29, 1.82) is 0 Å². The van der Waals surface area contributed by atoms with Crippen LogP contribution in [-0.2, 0) is 27.9 Å². The molecule has 0 aliphatic heterocycles. The number of aromatic hydroxyl groups is 1. The van der Waals surface area contributed by atoms with Crippen molar-refractivity contribution in [1.82, 2.24) is 0 Å². The first-order valence-corrected chi connectivity index (χ1v) is 16.9. The molecule has 228 valence electrons. The van der Waals surface area contributed by atoms with Gasteiger partial charge in [-0.05, 0) is 90.1 Å². The maximum absolute atomic E-state index is 11.0. The number of thiophene rings is 1. The Kier molecular flexibility index (Phi) is 11.9. The first-order chi connectivity index (χ1) is 19.7. The van der Waals surface area contributed by atoms with E-state index in [0.717, 1.165) is 37.7 Å². The minimum atomic E-state index is -0.0957. The Balaban J connectivity index is 0.00000226. The summed E-state index contributed by atoms with van der Waals surface area (Å²) in [5, 5.41) is 12.3. The Hall–Kier alpha value is -1.88. The van der Waals surface area contributed by atoms with Crippen LogP contribution in [0.1, 0.15) is 103 Å². The third-order valence-corrected chi connectivity index (χ3v) is 11.4. The topological polar surface area (TPSA) is 38.7 Å². The molecule has 1 saturated carbocycles. The molecular formula is C37H56O3S. The van der Waals surface area contributed by atoms with Crippen LogP contribution in [0.15, 0.2) is 42.5 Å². The number of fused-ring (bicyclic) bond motifs is 1. The predicted octanol–water partition coefficient (Wildman–Crippen LogP) is 10.5. The lowest BCUT2D eigenvalue weighted by atomic mass is 9.41. The average molecular weight is 581 g/mol. The molecule has 5 atom stereocenters. The fraction of sp³-hybridized carbons (Fsp3) is 0.622. The second-order valence-corrected chi connectivity index (χ2v) is 13.4. The van der Waals surface area contributed by atoms with E-state index in [1.807, 2.05) is 38.4 Å². The van der Waals surface area contributed by atoms with Crippen LogP contribution >= 0.6 is 11.3 Å². The summed E-state index contributed by atoms with van der Waals surface area (Å²) in [7, 11) is 1.89. The largest absolute Gasteiger partial charge is 0.508 e. The van der Waals surface area contributed by atoms with Crippen molar-refractivity contribution in [2.45, 2.75) is 113 Å². The van der Waals surface area contributed by atoms with Crippen LogP contribution in [0, 0.1) is 30.1 Å². The van der Waals surface area contributed by atoms with Gasteiger partial charge in [-0.1, -0.05) is 86.1 Å². The third kappa shape index (κ3) is 5.99. The summed E-state index contributed by atoms with van der Waals surface area (Å²) in [4.78, 5) is 1.28. The van der Waals surface area contributed by atoms with Crippen LogP contribution in [0.4, 0.5) is 0 Å². The van der Waals surface area contributed by atoms with Gasteiger partial charge < -0.3 is 14.6 Å². The summed E-state index contributed by atoms with van der Waals surface area (Å²) in [6, 6.07) is 14.9. The molecule has 0 saturated heterocycles. The molecule has 1 aliphatic carbocycles. The zero-order valence-electron chi connectivity index (χ0n) is 27.5. The lowest BCUT2D eigenvalue weighted by Gasteiger charge is -2.64. The number of phenols is 1. The summed E-state index contributed by atoms with van der Waals surface area (Å²) in [5.41, 5.74) is 3.79. The molecule has 41 heavy (non-hydrogen) atoms. The fourth-order valence-corrected chi connectivity index (χ4v) is 9.64. The van der Waals surface area contributed by atoms with E-state index in [9.17, 15) is 5.11 Å². The molecule has 1 aliphatic rings. The van der Waals surface area contributed by atoms with E-state index in [1.165, 1.54) is 26.1 Å². The van der Waals surface area contributed by atoms with Crippen molar-refractivity contribution in [3.63, 3.8) is 0 Å². The Morgan fingerprint density at radius 2 is 1.78 bits per heavy atom. The molecule has 1 heterocycles. The zero-order chi connectivity index (χ0) is 30.4. The van der Waals surface area contributed by atoms with Gasteiger partial charge in [0.2, 0.25) is 0 Å². The smallest absolute Gasteiger partial charge is 0.118 e. The molecule has 3 nitrogen and oxygen atoms in total. The Morgan fingerprint density at radius 3 is 2.37 bits per heavy atom. The number of hydrogen-bond acceptors (Lipinski definition) is 4. The van der Waals surface area contributed by atoms with Gasteiger partial charge in [-0.25, -0.2) is 0 Å². The number of hydrogen-bond donors (Lipinski definition) is 1. The highest BCUT2D eigenvalue weighted by molar-refractivity contribution is 7.19. The Bertz CT molecular complexity index is 1210. The quantitative estimate of drug-likeness (QED) is 0.245. The molecule has 4 rings (SSSR count).